The molecule has 7 heteroatoms. The maximum Gasteiger partial charge on any atom is 0.238 e. The monoisotopic (exact) mass is 381 g/mol. The molecule has 0 aliphatic heterocycles. The summed E-state index contributed by atoms with van der Waals surface area (Å²) in [5.41, 5.74) is 0.892. The van der Waals surface area contributed by atoms with E-state index < -0.39 is 21.5 Å². The van der Waals surface area contributed by atoms with E-state index in [4.69, 9.17) is 16.3 Å². The fourth-order valence-corrected chi connectivity index (χ4v) is 3.61. The Morgan fingerprint density at radius 3 is 2.24 bits per heavy atom. The molecule has 0 unspecified atom stereocenters. The van der Waals surface area contributed by atoms with E-state index in [2.05, 4.69) is 0 Å². The number of hydrogen-bond acceptors (Lipinski definition) is 4. The van der Waals surface area contributed by atoms with Crippen LogP contribution in [-0.2, 0) is 21.2 Å². The highest BCUT2D eigenvalue weighted by Crippen LogP contribution is 2.17. The first-order chi connectivity index (χ1) is 11.8. The lowest BCUT2D eigenvalue weighted by Gasteiger charge is -2.17. The van der Waals surface area contributed by atoms with Crippen LogP contribution in [0.3, 0.4) is 0 Å². The number of sulfone groups is 1. The zero-order valence-corrected chi connectivity index (χ0v) is 15.7. The first-order valence-electron chi connectivity index (χ1n) is 7.76. The van der Waals surface area contributed by atoms with Gasteiger partial charge < -0.3 is 9.64 Å². The molecule has 5 nitrogen and oxygen atoms in total. The van der Waals surface area contributed by atoms with Crippen molar-refractivity contribution >= 4 is 27.3 Å². The van der Waals surface area contributed by atoms with Gasteiger partial charge in [0, 0.05) is 18.6 Å². The van der Waals surface area contributed by atoms with Gasteiger partial charge in [-0.2, -0.15) is 0 Å². The molecule has 0 aliphatic rings. The van der Waals surface area contributed by atoms with Crippen LogP contribution in [-0.4, -0.2) is 38.6 Å². The summed E-state index contributed by atoms with van der Waals surface area (Å²) in [6, 6.07) is 13.1. The van der Waals surface area contributed by atoms with E-state index in [9.17, 15) is 13.2 Å². The number of amides is 1. The first kappa shape index (κ1) is 19.3. The molecule has 0 saturated heterocycles. The lowest BCUT2D eigenvalue weighted by Crippen LogP contribution is -2.32. The van der Waals surface area contributed by atoms with Gasteiger partial charge in [-0.1, -0.05) is 23.7 Å². The Hall–Kier alpha value is -2.05. The van der Waals surface area contributed by atoms with Crippen LogP contribution in [0.2, 0.25) is 5.02 Å². The fourth-order valence-electron chi connectivity index (χ4n) is 2.22. The van der Waals surface area contributed by atoms with E-state index in [1.165, 1.54) is 29.2 Å². The van der Waals surface area contributed by atoms with Crippen molar-refractivity contribution in [2.24, 2.45) is 0 Å². The number of benzene rings is 2. The third-order valence-corrected chi connectivity index (χ3v) is 5.44. The molecule has 0 atom stereocenters. The maximum absolute atomic E-state index is 12.3. The van der Waals surface area contributed by atoms with Gasteiger partial charge in [-0.25, -0.2) is 8.42 Å². The second-order valence-electron chi connectivity index (χ2n) is 5.54. The second kappa shape index (κ2) is 8.36. The van der Waals surface area contributed by atoms with Crippen LogP contribution in [0.15, 0.2) is 53.4 Å². The Labute approximate surface area is 153 Å². The van der Waals surface area contributed by atoms with Gasteiger partial charge in [-0.3, -0.25) is 4.79 Å². The lowest BCUT2D eigenvalue weighted by molar-refractivity contribution is -0.127. The highest BCUT2D eigenvalue weighted by molar-refractivity contribution is 7.92. The minimum Gasteiger partial charge on any atom is -0.494 e. The average molecular weight is 382 g/mol. The van der Waals surface area contributed by atoms with Crippen LogP contribution in [0, 0.1) is 0 Å². The number of carbonyl (C=O) groups is 1. The van der Waals surface area contributed by atoms with E-state index in [1.807, 2.05) is 31.2 Å². The number of carbonyl (C=O) groups excluding carboxylic acids is 1. The van der Waals surface area contributed by atoms with Crippen molar-refractivity contribution in [1.82, 2.24) is 4.90 Å². The van der Waals surface area contributed by atoms with Crippen molar-refractivity contribution < 1.29 is 17.9 Å². The van der Waals surface area contributed by atoms with Crippen LogP contribution in [0.1, 0.15) is 12.5 Å². The SMILES string of the molecule is CCOc1ccc(CN(C)C(=O)CS(=O)(=O)c2ccc(Cl)cc2)cc1. The van der Waals surface area contributed by atoms with Crippen LogP contribution < -0.4 is 4.74 Å². The Morgan fingerprint density at radius 2 is 1.68 bits per heavy atom. The molecule has 2 aromatic carbocycles. The molecule has 1 amide bonds. The van der Waals surface area contributed by atoms with Gasteiger partial charge >= 0.3 is 0 Å². The van der Waals surface area contributed by atoms with Gasteiger partial charge in [0.1, 0.15) is 11.5 Å². The lowest BCUT2D eigenvalue weighted by atomic mass is 10.2. The predicted octanol–water partition coefficient (Wildman–Crippen LogP) is 3.17. The molecular weight excluding hydrogens is 362 g/mol. The maximum atomic E-state index is 12.3. The number of nitrogens with zero attached hydrogens (tertiary/aromatic N) is 1. The second-order valence-corrected chi connectivity index (χ2v) is 7.97. The fraction of sp³-hybridized carbons (Fsp3) is 0.278. The van der Waals surface area contributed by atoms with Crippen molar-refractivity contribution in [3.63, 3.8) is 0 Å². The molecule has 0 bridgehead atoms. The number of rotatable bonds is 7. The zero-order valence-electron chi connectivity index (χ0n) is 14.1. The standard InChI is InChI=1S/C18H20ClNO4S/c1-3-24-16-8-4-14(5-9-16)12-20(2)18(21)13-25(22,23)17-10-6-15(19)7-11-17/h4-11H,3,12-13H2,1-2H3. The molecule has 0 aromatic heterocycles. The van der Waals surface area contributed by atoms with E-state index in [0.29, 0.717) is 18.2 Å². The zero-order chi connectivity index (χ0) is 18.4. The van der Waals surface area contributed by atoms with Crippen molar-refractivity contribution in [3.8, 4) is 5.75 Å². The van der Waals surface area contributed by atoms with Crippen molar-refractivity contribution in [1.29, 1.82) is 0 Å². The highest BCUT2D eigenvalue weighted by atomic mass is 35.5. The highest BCUT2D eigenvalue weighted by Gasteiger charge is 2.21. The van der Waals surface area contributed by atoms with Gasteiger partial charge in [0.05, 0.1) is 11.5 Å². The van der Waals surface area contributed by atoms with E-state index in [1.54, 1.807) is 7.05 Å². The molecule has 2 rings (SSSR count). The Morgan fingerprint density at radius 1 is 1.08 bits per heavy atom. The number of ether oxygens (including phenoxy) is 1. The summed E-state index contributed by atoms with van der Waals surface area (Å²) in [5.74, 6) is -0.295. The van der Waals surface area contributed by atoms with Gasteiger partial charge in [0.25, 0.3) is 0 Å². The molecule has 0 radical (unpaired) electrons. The summed E-state index contributed by atoms with van der Waals surface area (Å²) >= 11 is 5.76. The van der Waals surface area contributed by atoms with Gasteiger partial charge in [-0.15, -0.1) is 0 Å². The molecular formula is C18H20ClNO4S. The van der Waals surface area contributed by atoms with E-state index >= 15 is 0 Å². The van der Waals surface area contributed by atoms with Crippen molar-refractivity contribution in [2.75, 3.05) is 19.4 Å². The predicted molar refractivity (Wildman–Crippen MR) is 97.6 cm³/mol. The molecule has 0 aliphatic carbocycles. The minimum absolute atomic E-state index is 0.0831. The topological polar surface area (TPSA) is 63.7 Å². The van der Waals surface area contributed by atoms with E-state index in [-0.39, 0.29) is 4.90 Å². The van der Waals surface area contributed by atoms with Crippen LogP contribution >= 0.6 is 11.6 Å². The molecule has 0 N–H and O–H groups in total. The summed E-state index contributed by atoms with van der Waals surface area (Å²) in [6.45, 7) is 2.81. The Bertz CT molecular complexity index is 817. The molecule has 0 saturated carbocycles. The van der Waals surface area contributed by atoms with Crippen molar-refractivity contribution in [2.45, 2.75) is 18.4 Å². The molecule has 0 fully saturated rings. The van der Waals surface area contributed by atoms with Crippen LogP contribution in [0.25, 0.3) is 0 Å². The third kappa shape index (κ3) is 5.47. The third-order valence-electron chi connectivity index (χ3n) is 3.57. The molecule has 134 valence electrons. The van der Waals surface area contributed by atoms with Gasteiger partial charge in [0.15, 0.2) is 9.84 Å². The molecule has 0 spiro atoms. The number of hydrogen-bond donors (Lipinski definition) is 0. The molecule has 25 heavy (non-hydrogen) atoms. The quantitative estimate of drug-likeness (QED) is 0.739. The van der Waals surface area contributed by atoms with Crippen LogP contribution in [0.4, 0.5) is 0 Å². The Kier molecular flexibility index (Phi) is 6.45. The van der Waals surface area contributed by atoms with E-state index in [0.717, 1.165) is 11.3 Å². The smallest absolute Gasteiger partial charge is 0.238 e. The van der Waals surface area contributed by atoms with Crippen LogP contribution in [0.5, 0.6) is 5.75 Å². The molecule has 2 aromatic rings. The normalized spacial score (nSPS) is 11.2. The summed E-state index contributed by atoms with van der Waals surface area (Å²) in [6.07, 6.45) is 0. The average Bonchev–Trinajstić information content (AvgIpc) is 2.57. The summed E-state index contributed by atoms with van der Waals surface area (Å²) in [7, 11) is -2.12. The first-order valence-corrected chi connectivity index (χ1v) is 9.79. The number of halogens is 1. The molecule has 0 heterocycles. The summed E-state index contributed by atoms with van der Waals surface area (Å²) in [5, 5.41) is 0.442. The van der Waals surface area contributed by atoms with Crippen molar-refractivity contribution in [3.05, 3.63) is 59.1 Å². The van der Waals surface area contributed by atoms with Gasteiger partial charge in [0.2, 0.25) is 5.91 Å². The Balaban J connectivity index is 2.00. The van der Waals surface area contributed by atoms with Gasteiger partial charge in [-0.05, 0) is 48.9 Å². The summed E-state index contributed by atoms with van der Waals surface area (Å²) in [4.78, 5) is 13.7. The largest absolute Gasteiger partial charge is 0.494 e. The minimum atomic E-state index is -3.70. The summed E-state index contributed by atoms with van der Waals surface area (Å²) < 4.78 is 30.0.